The van der Waals surface area contributed by atoms with Crippen molar-refractivity contribution in [1.82, 2.24) is 0 Å². The summed E-state index contributed by atoms with van der Waals surface area (Å²) >= 11 is 0. The Labute approximate surface area is 211 Å². The van der Waals surface area contributed by atoms with Crippen LogP contribution in [0.2, 0.25) is 0 Å². The molecule has 8 fully saturated rings. The summed E-state index contributed by atoms with van der Waals surface area (Å²) in [6.45, 7) is 2.50. The van der Waals surface area contributed by atoms with Gasteiger partial charge in [0.1, 0.15) is 0 Å². The lowest BCUT2D eigenvalue weighted by molar-refractivity contribution is -0.248. The van der Waals surface area contributed by atoms with Crippen LogP contribution in [0.5, 0.6) is 0 Å². The molecule has 7 nitrogen and oxygen atoms in total. The second-order valence-electron chi connectivity index (χ2n) is 13.4. The fraction of sp³-hybridized carbons (Fsp3) is 0.962. The molecule has 8 aliphatic rings. The zero-order valence-electron chi connectivity index (χ0n) is 20.9. The van der Waals surface area contributed by atoms with Gasteiger partial charge >= 0.3 is 21.3 Å². The number of esters is 1. The average molecular weight is 533 g/mol. The fourth-order valence-electron chi connectivity index (χ4n) is 9.97. The average Bonchev–Trinajstić information content (AvgIpc) is 2.76. The lowest BCUT2D eigenvalue weighted by atomic mass is 9.49. The van der Waals surface area contributed by atoms with Crippen LogP contribution < -0.4 is 0 Å². The summed E-state index contributed by atoms with van der Waals surface area (Å²) in [6, 6.07) is 0. The van der Waals surface area contributed by atoms with Crippen molar-refractivity contribution < 1.29 is 40.8 Å². The van der Waals surface area contributed by atoms with Crippen LogP contribution >= 0.6 is 0 Å². The van der Waals surface area contributed by atoms with Gasteiger partial charge in [-0.2, -0.15) is 17.2 Å². The van der Waals surface area contributed by atoms with Crippen LogP contribution in [0.25, 0.3) is 0 Å². The van der Waals surface area contributed by atoms with Gasteiger partial charge in [-0.1, -0.05) is 0 Å². The first-order valence-corrected chi connectivity index (χ1v) is 15.1. The molecule has 0 spiro atoms. The van der Waals surface area contributed by atoms with E-state index in [2.05, 4.69) is 0 Å². The van der Waals surface area contributed by atoms with Crippen molar-refractivity contribution >= 4 is 16.1 Å². The van der Waals surface area contributed by atoms with Gasteiger partial charge in [0, 0.05) is 5.41 Å². The first-order chi connectivity index (χ1) is 16.9. The summed E-state index contributed by atoms with van der Waals surface area (Å²) in [5, 5.41) is -4.95. The first-order valence-electron chi connectivity index (χ1n) is 13.6. The predicted molar refractivity (Wildman–Crippen MR) is 124 cm³/mol. The summed E-state index contributed by atoms with van der Waals surface area (Å²) in [5.74, 6) is 1.33. The van der Waals surface area contributed by atoms with Crippen LogP contribution in [0.1, 0.15) is 77.6 Å². The van der Waals surface area contributed by atoms with Crippen LogP contribution in [0, 0.1) is 46.3 Å². The van der Waals surface area contributed by atoms with Gasteiger partial charge in [-0.25, -0.2) is 4.79 Å². The number of halogens is 2. The number of carbonyl (C=O) groups excluding carboxylic acids is 1. The van der Waals surface area contributed by atoms with E-state index in [1.807, 2.05) is 6.92 Å². The molecule has 8 aliphatic carbocycles. The molecular formula is C26H38F2O7S. The minimum atomic E-state index is -5.86. The smallest absolute Gasteiger partial charge is 0.460 e. The molecule has 36 heavy (non-hydrogen) atoms. The Bertz CT molecular complexity index is 947. The van der Waals surface area contributed by atoms with E-state index in [1.165, 1.54) is 38.5 Å². The maximum Gasteiger partial charge on any atom is 0.465 e. The standard InChI is InChI=1S/C26H38F2O7S/c1-15(33-13-24-7-16-2-17(8-24)4-18(3-16)9-24)35-22-20-5-19-6-21(22)12-25(10-19,11-20)14-34-23(29)26(27,28)36(30,31)32/h15-22H,2-14H2,1H3,(H,30,31,32). The Morgan fingerprint density at radius 1 is 0.889 bits per heavy atom. The van der Waals surface area contributed by atoms with E-state index in [9.17, 15) is 22.0 Å². The predicted octanol–water partition coefficient (Wildman–Crippen LogP) is 4.80. The highest BCUT2D eigenvalue weighted by Gasteiger charge is 2.59. The molecule has 0 aromatic rings. The largest absolute Gasteiger partial charge is 0.465 e. The quantitative estimate of drug-likeness (QED) is 0.259. The van der Waals surface area contributed by atoms with Crippen LogP contribution in [-0.2, 0) is 29.1 Å². The van der Waals surface area contributed by atoms with E-state index in [1.54, 1.807) is 0 Å². The molecule has 8 bridgehead atoms. The van der Waals surface area contributed by atoms with E-state index in [0.29, 0.717) is 24.2 Å². The van der Waals surface area contributed by atoms with E-state index < -0.39 is 26.8 Å². The Morgan fingerprint density at radius 3 is 1.86 bits per heavy atom. The molecule has 8 saturated carbocycles. The molecule has 0 saturated heterocycles. The number of carbonyl (C=O) groups is 1. The van der Waals surface area contributed by atoms with Gasteiger partial charge < -0.3 is 14.2 Å². The Balaban J connectivity index is 1.04. The van der Waals surface area contributed by atoms with Crippen LogP contribution in [0.4, 0.5) is 8.78 Å². The monoisotopic (exact) mass is 532 g/mol. The maximum absolute atomic E-state index is 13.7. The van der Waals surface area contributed by atoms with Gasteiger partial charge in [-0.3, -0.25) is 4.55 Å². The second kappa shape index (κ2) is 8.58. The number of hydrogen-bond donors (Lipinski definition) is 1. The van der Waals surface area contributed by atoms with Crippen molar-refractivity contribution in [3.05, 3.63) is 0 Å². The number of ether oxygens (including phenoxy) is 3. The van der Waals surface area contributed by atoms with Crippen LogP contribution in [-0.4, -0.2) is 49.8 Å². The third kappa shape index (κ3) is 4.41. The van der Waals surface area contributed by atoms with Crippen LogP contribution in [0.15, 0.2) is 0 Å². The molecule has 0 heterocycles. The van der Waals surface area contributed by atoms with Gasteiger partial charge in [0.25, 0.3) is 0 Å². The molecule has 0 radical (unpaired) electrons. The van der Waals surface area contributed by atoms with E-state index >= 15 is 0 Å². The van der Waals surface area contributed by atoms with Crippen LogP contribution in [0.3, 0.4) is 0 Å². The molecule has 8 rings (SSSR count). The summed E-state index contributed by atoms with van der Waals surface area (Å²) in [7, 11) is -5.86. The first kappa shape index (κ1) is 25.4. The Morgan fingerprint density at radius 2 is 1.36 bits per heavy atom. The Hall–Kier alpha value is -0.840. The summed E-state index contributed by atoms with van der Waals surface area (Å²) in [5.41, 5.74) is -0.112. The second-order valence-corrected chi connectivity index (χ2v) is 14.9. The van der Waals surface area contributed by atoms with Crippen molar-refractivity contribution in [3.63, 3.8) is 0 Å². The summed E-state index contributed by atoms with van der Waals surface area (Å²) in [6.07, 6.45) is 12.0. The highest BCUT2D eigenvalue weighted by Crippen LogP contribution is 2.62. The number of rotatable bonds is 9. The normalized spacial score (nSPS) is 45.7. The summed E-state index contributed by atoms with van der Waals surface area (Å²) in [4.78, 5) is 11.8. The highest BCUT2D eigenvalue weighted by molar-refractivity contribution is 7.87. The molecule has 0 aromatic heterocycles. The van der Waals surface area contributed by atoms with Gasteiger partial charge in [0.05, 0.1) is 19.3 Å². The van der Waals surface area contributed by atoms with Crippen molar-refractivity contribution in [3.8, 4) is 0 Å². The highest BCUT2D eigenvalue weighted by atomic mass is 32.2. The van der Waals surface area contributed by atoms with Crippen molar-refractivity contribution in [2.75, 3.05) is 13.2 Å². The molecule has 10 heteroatoms. The molecule has 1 N–H and O–H groups in total. The van der Waals surface area contributed by atoms with E-state index in [0.717, 1.165) is 43.6 Å². The third-order valence-electron chi connectivity index (χ3n) is 10.5. The molecule has 0 amide bonds. The molecule has 0 aromatic carbocycles. The molecule has 204 valence electrons. The molecule has 3 unspecified atom stereocenters. The maximum atomic E-state index is 13.7. The topological polar surface area (TPSA) is 99.1 Å². The lowest BCUT2D eigenvalue weighted by Crippen LogP contribution is -2.57. The van der Waals surface area contributed by atoms with Gasteiger partial charge in [0.2, 0.25) is 0 Å². The van der Waals surface area contributed by atoms with Gasteiger partial charge in [-0.15, -0.1) is 0 Å². The minimum Gasteiger partial charge on any atom is -0.460 e. The molecule has 0 aliphatic heterocycles. The number of alkyl halides is 2. The van der Waals surface area contributed by atoms with Gasteiger partial charge in [-0.05, 0) is 118 Å². The Kier molecular flexibility index (Phi) is 6.06. The fourth-order valence-corrected chi connectivity index (χ4v) is 10.2. The molecular weight excluding hydrogens is 494 g/mol. The zero-order valence-corrected chi connectivity index (χ0v) is 21.7. The van der Waals surface area contributed by atoms with E-state index in [4.69, 9.17) is 18.8 Å². The minimum absolute atomic E-state index is 0.0380. The SMILES string of the molecule is CC(OCC12CC3CC(CC(C3)C1)C2)OC1C2CC3CC1CC(COC(=O)C(F)(F)S(=O)(=O)O)(C3)C2. The summed E-state index contributed by atoms with van der Waals surface area (Å²) < 4.78 is 75.4. The van der Waals surface area contributed by atoms with Crippen molar-refractivity contribution in [2.45, 2.75) is 95.2 Å². The van der Waals surface area contributed by atoms with E-state index in [-0.39, 0.29) is 30.8 Å². The zero-order chi connectivity index (χ0) is 25.5. The van der Waals surface area contributed by atoms with Gasteiger partial charge in [0.15, 0.2) is 6.29 Å². The van der Waals surface area contributed by atoms with Crippen molar-refractivity contribution in [1.29, 1.82) is 0 Å². The van der Waals surface area contributed by atoms with Crippen molar-refractivity contribution in [2.24, 2.45) is 46.3 Å². The third-order valence-corrected chi connectivity index (χ3v) is 11.3. The lowest BCUT2D eigenvalue weighted by Gasteiger charge is -2.59. The number of hydrogen-bond acceptors (Lipinski definition) is 6. The molecule has 3 atom stereocenters.